The molecule has 0 spiro atoms. The second-order valence-corrected chi connectivity index (χ2v) is 10.6. The average Bonchev–Trinajstić information content (AvgIpc) is 2.78. The van der Waals surface area contributed by atoms with Crippen LogP contribution in [0.4, 0.5) is 5.69 Å². The van der Waals surface area contributed by atoms with Crippen molar-refractivity contribution >= 4 is 58.3 Å². The van der Waals surface area contributed by atoms with Crippen LogP contribution in [0.2, 0.25) is 10.0 Å². The quantitative estimate of drug-likeness (QED) is 0.409. The Morgan fingerprint density at radius 2 is 1.74 bits per heavy atom. The Bertz CT molecular complexity index is 1180. The van der Waals surface area contributed by atoms with Crippen LogP contribution in [0.15, 0.2) is 41.3 Å². The summed E-state index contributed by atoms with van der Waals surface area (Å²) < 4.78 is 0. The molecule has 1 aliphatic rings. The molecule has 0 aromatic carbocycles. The molecule has 1 aliphatic carbocycles. The number of allylic oxidation sites excluding steroid dienone is 2. The zero-order chi connectivity index (χ0) is 26.1. The van der Waals surface area contributed by atoms with Crippen LogP contribution in [-0.2, 0) is 9.59 Å². The normalized spacial score (nSPS) is 16.5. The second kappa shape index (κ2) is 10.6. The van der Waals surface area contributed by atoms with Gasteiger partial charge < -0.3 is 15.7 Å². The van der Waals surface area contributed by atoms with E-state index in [1.165, 1.54) is 30.4 Å². The van der Waals surface area contributed by atoms with E-state index in [4.69, 9.17) is 23.2 Å². The largest absolute Gasteiger partial charge is 0.480 e. The van der Waals surface area contributed by atoms with Crippen molar-refractivity contribution in [1.82, 2.24) is 15.3 Å². The minimum Gasteiger partial charge on any atom is -0.480 e. The van der Waals surface area contributed by atoms with Gasteiger partial charge in [0.2, 0.25) is 0 Å². The van der Waals surface area contributed by atoms with Gasteiger partial charge in [0.25, 0.3) is 5.91 Å². The van der Waals surface area contributed by atoms with E-state index in [0.29, 0.717) is 22.0 Å². The molecule has 0 radical (unpaired) electrons. The van der Waals surface area contributed by atoms with E-state index in [0.717, 1.165) is 0 Å². The molecule has 2 atom stereocenters. The van der Waals surface area contributed by atoms with Crippen LogP contribution in [0, 0.1) is 11.3 Å². The first-order valence-corrected chi connectivity index (χ1v) is 12.8. The van der Waals surface area contributed by atoms with Crippen LogP contribution in [-0.4, -0.2) is 45.0 Å². The summed E-state index contributed by atoms with van der Waals surface area (Å²) in [4.78, 5) is 46.2. The molecule has 3 N–H and O–H groups in total. The number of ketones is 1. The topological polar surface area (TPSA) is 121 Å². The number of anilines is 1. The maximum absolute atomic E-state index is 12.6. The van der Waals surface area contributed by atoms with Crippen LogP contribution in [0.5, 0.6) is 0 Å². The van der Waals surface area contributed by atoms with Gasteiger partial charge in [-0.05, 0) is 38.2 Å². The summed E-state index contributed by atoms with van der Waals surface area (Å²) in [6.45, 7) is 7.37. The number of carbonyl (C=O) groups excluding carboxylic acids is 2. The van der Waals surface area contributed by atoms with Gasteiger partial charge in [0.1, 0.15) is 6.04 Å². The fourth-order valence-corrected chi connectivity index (χ4v) is 5.52. The molecule has 1 amide bonds. The first-order chi connectivity index (χ1) is 16.4. The number of aromatic nitrogens is 2. The predicted octanol–water partition coefficient (Wildman–Crippen LogP) is 5.00. The van der Waals surface area contributed by atoms with Crippen molar-refractivity contribution in [3.63, 3.8) is 0 Å². The lowest BCUT2D eigenvalue weighted by molar-refractivity contribution is -0.140. The number of halogens is 2. The molecule has 0 saturated carbocycles. The second-order valence-electron chi connectivity index (χ2n) is 9.00. The number of nitrogens with zero attached hydrogens (tertiary/aromatic N) is 2. The van der Waals surface area contributed by atoms with Crippen molar-refractivity contribution < 1.29 is 19.5 Å². The minimum atomic E-state index is -1.05. The highest BCUT2D eigenvalue weighted by atomic mass is 35.5. The van der Waals surface area contributed by atoms with Crippen LogP contribution in [0.3, 0.4) is 0 Å². The molecule has 8 nitrogen and oxygen atoms in total. The van der Waals surface area contributed by atoms with Crippen molar-refractivity contribution in [3.05, 3.63) is 62.6 Å². The lowest BCUT2D eigenvalue weighted by Gasteiger charge is -2.41. The van der Waals surface area contributed by atoms with Gasteiger partial charge in [0, 0.05) is 29.7 Å². The predicted molar refractivity (Wildman–Crippen MR) is 138 cm³/mol. The third-order valence-electron chi connectivity index (χ3n) is 5.94. The van der Waals surface area contributed by atoms with Crippen molar-refractivity contribution in [2.24, 2.45) is 11.3 Å². The van der Waals surface area contributed by atoms with Crippen molar-refractivity contribution in [2.45, 2.75) is 39.7 Å². The molecular weight excluding hydrogens is 511 g/mol. The van der Waals surface area contributed by atoms with Crippen LogP contribution in [0.1, 0.15) is 49.7 Å². The fourth-order valence-electron chi connectivity index (χ4n) is 4.03. The van der Waals surface area contributed by atoms with E-state index < -0.39 is 29.3 Å². The molecule has 186 valence electrons. The molecule has 1 unspecified atom stereocenters. The molecule has 2 heterocycles. The van der Waals surface area contributed by atoms with Gasteiger partial charge in [-0.1, -0.05) is 37.0 Å². The Kier molecular flexibility index (Phi) is 8.14. The fraction of sp³-hybridized carbons (Fsp3) is 0.375. The highest BCUT2D eigenvalue weighted by Crippen LogP contribution is 2.46. The summed E-state index contributed by atoms with van der Waals surface area (Å²) in [5.41, 5.74) is 0.877. The van der Waals surface area contributed by atoms with Crippen molar-refractivity contribution in [2.75, 3.05) is 11.6 Å². The zero-order valence-electron chi connectivity index (χ0n) is 19.8. The number of amides is 1. The average molecular weight is 537 g/mol. The standard InChI is InChI=1S/C24H26Cl2N4O4S/c1-11(2)16(18(23(33)34)30-20-19(35-5)21(31)24(20,3)4)15-7-6-12(8-28-15)29-22(32)17-13(25)9-27-10-14(17)26/h6-11,16,18,30H,1-5H3,(H,29,32)(H,33,34)/t16?,18-/m0/s1. The molecule has 0 bridgehead atoms. The maximum atomic E-state index is 12.6. The maximum Gasteiger partial charge on any atom is 0.326 e. The highest BCUT2D eigenvalue weighted by molar-refractivity contribution is 8.03. The molecule has 35 heavy (non-hydrogen) atoms. The Balaban J connectivity index is 1.87. The summed E-state index contributed by atoms with van der Waals surface area (Å²) in [6, 6.07) is 2.30. The molecular formula is C24H26Cl2N4O4S. The molecule has 2 aromatic heterocycles. The Labute approximate surface area is 217 Å². The SMILES string of the molecule is CSC1=C(N[C@H](C(=O)O)C(c2ccc(NC(=O)c3c(Cl)cncc3Cl)cn2)C(C)C)C(C)(C)C1=O. The van der Waals surface area contributed by atoms with Gasteiger partial charge in [-0.15, -0.1) is 11.8 Å². The van der Waals surface area contributed by atoms with Gasteiger partial charge in [0.15, 0.2) is 5.78 Å². The smallest absolute Gasteiger partial charge is 0.326 e. The van der Waals surface area contributed by atoms with Gasteiger partial charge in [-0.25, -0.2) is 4.79 Å². The van der Waals surface area contributed by atoms with Gasteiger partial charge in [-0.3, -0.25) is 19.6 Å². The molecule has 0 aliphatic heterocycles. The van der Waals surface area contributed by atoms with Crippen LogP contribution in [0.25, 0.3) is 0 Å². The lowest BCUT2D eigenvalue weighted by atomic mass is 9.73. The number of nitrogens with one attached hydrogen (secondary N) is 2. The molecule has 0 fully saturated rings. The van der Waals surface area contributed by atoms with E-state index >= 15 is 0 Å². The lowest BCUT2D eigenvalue weighted by Crippen LogP contribution is -2.52. The monoisotopic (exact) mass is 536 g/mol. The number of thioether (sulfide) groups is 1. The van der Waals surface area contributed by atoms with Crippen LogP contribution < -0.4 is 10.6 Å². The third-order valence-corrected chi connectivity index (χ3v) is 7.31. The number of carbonyl (C=O) groups is 3. The summed E-state index contributed by atoms with van der Waals surface area (Å²) in [5, 5.41) is 16.1. The number of rotatable bonds is 9. The van der Waals surface area contributed by atoms with E-state index in [2.05, 4.69) is 20.6 Å². The molecule has 11 heteroatoms. The Hall–Kier alpha value is -2.62. The van der Waals surface area contributed by atoms with Gasteiger partial charge in [-0.2, -0.15) is 0 Å². The number of Topliss-reactive ketones (excluding diaryl/α,β-unsaturated/α-hetero) is 1. The minimum absolute atomic E-state index is 0.00893. The first kappa shape index (κ1) is 27.0. The number of hydrogen-bond donors (Lipinski definition) is 3. The first-order valence-electron chi connectivity index (χ1n) is 10.8. The summed E-state index contributed by atoms with van der Waals surface area (Å²) in [7, 11) is 0. The molecule has 2 aromatic rings. The zero-order valence-corrected chi connectivity index (χ0v) is 22.2. The van der Waals surface area contributed by atoms with Gasteiger partial charge in [0.05, 0.1) is 37.8 Å². The number of pyridine rings is 2. The van der Waals surface area contributed by atoms with E-state index in [9.17, 15) is 19.5 Å². The van der Waals surface area contributed by atoms with Gasteiger partial charge >= 0.3 is 5.97 Å². The number of hydrogen-bond acceptors (Lipinski definition) is 7. The Morgan fingerprint density at radius 3 is 2.23 bits per heavy atom. The van der Waals surface area contributed by atoms with E-state index in [-0.39, 0.29) is 27.3 Å². The molecule has 3 rings (SSSR count). The van der Waals surface area contributed by atoms with Crippen LogP contribution >= 0.6 is 35.0 Å². The van der Waals surface area contributed by atoms with Crippen molar-refractivity contribution in [3.8, 4) is 0 Å². The summed E-state index contributed by atoms with van der Waals surface area (Å²) in [5.74, 6) is -2.18. The summed E-state index contributed by atoms with van der Waals surface area (Å²) >= 11 is 13.4. The highest BCUT2D eigenvalue weighted by Gasteiger charge is 2.48. The summed E-state index contributed by atoms with van der Waals surface area (Å²) in [6.07, 6.45) is 5.89. The number of carboxylic acids is 1. The number of carboxylic acid groups (broad SMARTS) is 1. The Morgan fingerprint density at radius 1 is 1.11 bits per heavy atom. The molecule has 0 saturated heterocycles. The van der Waals surface area contributed by atoms with Crippen molar-refractivity contribution in [1.29, 1.82) is 0 Å². The van der Waals surface area contributed by atoms with E-state index in [1.54, 1.807) is 32.2 Å². The van der Waals surface area contributed by atoms with E-state index in [1.807, 2.05) is 13.8 Å². The number of aliphatic carboxylic acids is 1. The third kappa shape index (κ3) is 5.32.